The van der Waals surface area contributed by atoms with Crippen molar-refractivity contribution < 1.29 is 24.2 Å². The Kier molecular flexibility index (Phi) is 10.5. The van der Waals surface area contributed by atoms with Crippen molar-refractivity contribution in [3.63, 3.8) is 0 Å². The minimum absolute atomic E-state index is 0.219. The topological polar surface area (TPSA) is 84.9 Å². The molecule has 2 aromatic rings. The van der Waals surface area contributed by atoms with Gasteiger partial charge >= 0.3 is 5.97 Å². The van der Waals surface area contributed by atoms with Crippen LogP contribution in [-0.2, 0) is 16.0 Å². The van der Waals surface area contributed by atoms with Crippen LogP contribution in [0.25, 0.3) is 0 Å². The van der Waals surface area contributed by atoms with E-state index in [1.807, 2.05) is 58.9 Å². The predicted octanol–water partition coefficient (Wildman–Crippen LogP) is 5.51. The molecule has 0 fully saturated rings. The van der Waals surface area contributed by atoms with Crippen LogP contribution in [0, 0.1) is 19.3 Å². The van der Waals surface area contributed by atoms with E-state index < -0.39 is 18.1 Å². The van der Waals surface area contributed by atoms with Gasteiger partial charge in [-0.3, -0.25) is 4.79 Å². The highest BCUT2D eigenvalue weighted by Gasteiger charge is 2.23. The molecule has 3 unspecified atom stereocenters. The van der Waals surface area contributed by atoms with Crippen molar-refractivity contribution in [3.05, 3.63) is 64.2 Å². The number of nitrogens with one attached hydrogen (secondary N) is 1. The summed E-state index contributed by atoms with van der Waals surface area (Å²) in [6, 6.07) is 11.5. The molecule has 0 radical (unpaired) electrons. The summed E-state index contributed by atoms with van der Waals surface area (Å²) in [6.45, 7) is 14.0. The summed E-state index contributed by atoms with van der Waals surface area (Å²) in [7, 11) is 1.30. The molecular weight excluding hydrogens is 454 g/mol. The molecule has 0 saturated carbocycles. The molecule has 0 saturated heterocycles. The van der Waals surface area contributed by atoms with Gasteiger partial charge < -0.3 is 19.9 Å². The van der Waals surface area contributed by atoms with Gasteiger partial charge in [0.15, 0.2) is 0 Å². The lowest BCUT2D eigenvalue weighted by atomic mass is 9.88. The number of benzene rings is 2. The van der Waals surface area contributed by atoms with Crippen molar-refractivity contribution in [3.8, 4) is 5.75 Å². The van der Waals surface area contributed by atoms with Crippen LogP contribution < -0.4 is 10.1 Å². The van der Waals surface area contributed by atoms with Crippen LogP contribution in [0.5, 0.6) is 5.75 Å². The molecule has 0 aliphatic heterocycles. The summed E-state index contributed by atoms with van der Waals surface area (Å²) < 4.78 is 10.6. The number of hydrogen-bond donors (Lipinski definition) is 2. The molecule has 0 aliphatic carbocycles. The Morgan fingerprint density at radius 3 is 2.31 bits per heavy atom. The fourth-order valence-corrected chi connectivity index (χ4v) is 4.10. The second-order valence-electron chi connectivity index (χ2n) is 10.7. The molecule has 2 rings (SSSR count). The minimum Gasteiger partial charge on any atom is -0.491 e. The van der Waals surface area contributed by atoms with Crippen LogP contribution in [0.3, 0.4) is 0 Å². The number of aliphatic hydroxyl groups excluding tert-OH is 1. The minimum atomic E-state index is -0.698. The molecule has 36 heavy (non-hydrogen) atoms. The Hall–Kier alpha value is -2.86. The third kappa shape index (κ3) is 8.09. The lowest BCUT2D eigenvalue weighted by Gasteiger charge is -2.26. The molecule has 1 amide bonds. The van der Waals surface area contributed by atoms with E-state index in [1.165, 1.54) is 18.2 Å². The molecule has 0 bridgehead atoms. The van der Waals surface area contributed by atoms with E-state index in [2.05, 4.69) is 29.1 Å². The normalized spacial score (nSPS) is 14.0. The highest BCUT2D eigenvalue weighted by molar-refractivity contribution is 5.97. The molecule has 2 aromatic carbocycles. The SMILES string of the molecule is CCC(CCc1ccc(C(=O)NC(C)C(=O)OC)c(C)c1)c1ccc(OCC(O)C(C)(C)C)c(C)c1. The molecule has 0 spiro atoms. The molecule has 198 valence electrons. The smallest absolute Gasteiger partial charge is 0.328 e. The third-order valence-electron chi connectivity index (χ3n) is 6.78. The highest BCUT2D eigenvalue weighted by Crippen LogP contribution is 2.30. The number of hydrogen-bond acceptors (Lipinski definition) is 5. The number of methoxy groups -OCH3 is 1. The van der Waals surface area contributed by atoms with Gasteiger partial charge in [-0.2, -0.15) is 0 Å². The molecular formula is C30H43NO5. The Morgan fingerprint density at radius 2 is 1.75 bits per heavy atom. The monoisotopic (exact) mass is 497 g/mol. The average molecular weight is 498 g/mol. The first-order valence-corrected chi connectivity index (χ1v) is 12.8. The Morgan fingerprint density at radius 1 is 1.06 bits per heavy atom. The zero-order valence-electron chi connectivity index (χ0n) is 23.1. The largest absolute Gasteiger partial charge is 0.491 e. The molecule has 6 nitrogen and oxygen atoms in total. The van der Waals surface area contributed by atoms with Gasteiger partial charge in [0.2, 0.25) is 0 Å². The summed E-state index contributed by atoms with van der Waals surface area (Å²) in [4.78, 5) is 24.1. The van der Waals surface area contributed by atoms with Crippen LogP contribution in [0.4, 0.5) is 0 Å². The van der Waals surface area contributed by atoms with Crippen molar-refractivity contribution in [2.45, 2.75) is 85.8 Å². The number of carbonyl (C=O) groups is 2. The maximum atomic E-state index is 12.6. The van der Waals surface area contributed by atoms with Gasteiger partial charge in [0, 0.05) is 5.56 Å². The van der Waals surface area contributed by atoms with Crippen LogP contribution in [0.15, 0.2) is 36.4 Å². The van der Waals surface area contributed by atoms with Crippen LogP contribution in [0.1, 0.15) is 86.0 Å². The second kappa shape index (κ2) is 12.9. The fraction of sp³-hybridized carbons (Fsp3) is 0.533. The number of aliphatic hydroxyl groups is 1. The van der Waals surface area contributed by atoms with Gasteiger partial charge in [-0.1, -0.05) is 52.0 Å². The second-order valence-corrected chi connectivity index (χ2v) is 10.7. The summed E-state index contributed by atoms with van der Waals surface area (Å²) in [5.74, 6) is 0.460. The van der Waals surface area contributed by atoms with E-state index in [0.29, 0.717) is 11.5 Å². The third-order valence-corrected chi connectivity index (χ3v) is 6.78. The number of carbonyl (C=O) groups excluding carboxylic acids is 2. The van der Waals surface area contributed by atoms with E-state index >= 15 is 0 Å². The summed E-state index contributed by atoms with van der Waals surface area (Å²) >= 11 is 0. The summed E-state index contributed by atoms with van der Waals surface area (Å²) in [5, 5.41) is 13.0. The fourth-order valence-electron chi connectivity index (χ4n) is 4.10. The van der Waals surface area contributed by atoms with Crippen LogP contribution >= 0.6 is 0 Å². The Bertz CT molecular complexity index is 1040. The Labute approximate surface area is 216 Å². The van der Waals surface area contributed by atoms with Crippen molar-refractivity contribution in [2.75, 3.05) is 13.7 Å². The zero-order valence-corrected chi connectivity index (χ0v) is 23.1. The van der Waals surface area contributed by atoms with Crippen LogP contribution in [-0.4, -0.2) is 42.8 Å². The van der Waals surface area contributed by atoms with Crippen LogP contribution in [0.2, 0.25) is 0 Å². The lowest BCUT2D eigenvalue weighted by Crippen LogP contribution is -2.39. The van der Waals surface area contributed by atoms with E-state index in [9.17, 15) is 14.7 Å². The number of ether oxygens (including phenoxy) is 2. The quantitative estimate of drug-likeness (QED) is 0.400. The number of aryl methyl sites for hydroxylation is 3. The first-order chi connectivity index (χ1) is 16.9. The zero-order chi connectivity index (χ0) is 27.0. The maximum Gasteiger partial charge on any atom is 0.328 e. The number of rotatable bonds is 11. The first-order valence-electron chi connectivity index (χ1n) is 12.8. The molecule has 2 N–H and O–H groups in total. The summed E-state index contributed by atoms with van der Waals surface area (Å²) in [6.07, 6.45) is 2.38. The first kappa shape index (κ1) is 29.4. The van der Waals surface area contributed by atoms with E-state index in [0.717, 1.165) is 36.1 Å². The molecule has 0 aliphatic rings. The Balaban J connectivity index is 2.02. The summed E-state index contributed by atoms with van der Waals surface area (Å²) in [5.41, 5.74) is 4.75. The van der Waals surface area contributed by atoms with E-state index in [4.69, 9.17) is 4.74 Å². The number of amides is 1. The van der Waals surface area contributed by atoms with Gasteiger partial charge in [0.1, 0.15) is 18.4 Å². The molecule has 3 atom stereocenters. The van der Waals surface area contributed by atoms with Crippen molar-refractivity contribution in [2.24, 2.45) is 5.41 Å². The standard InChI is InChI=1S/C30H43NO5/c1-9-23(24-13-15-26(20(3)17-24)36-18-27(32)30(5,6)7)12-10-22-11-14-25(19(2)16-22)28(33)31-21(4)29(34)35-8/h11,13-17,21,23,27,32H,9-10,12,18H2,1-8H3,(H,31,33). The van der Waals surface area contributed by atoms with E-state index in [1.54, 1.807) is 6.92 Å². The maximum absolute atomic E-state index is 12.6. The molecule has 0 aromatic heterocycles. The predicted molar refractivity (Wildman–Crippen MR) is 144 cm³/mol. The van der Waals surface area contributed by atoms with Gasteiger partial charge in [-0.05, 0) is 85.8 Å². The molecule has 0 heterocycles. The lowest BCUT2D eigenvalue weighted by molar-refractivity contribution is -0.142. The average Bonchev–Trinajstić information content (AvgIpc) is 2.82. The van der Waals surface area contributed by atoms with Gasteiger partial charge in [0.05, 0.1) is 13.2 Å². The van der Waals surface area contributed by atoms with Crippen molar-refractivity contribution in [1.82, 2.24) is 5.32 Å². The van der Waals surface area contributed by atoms with Gasteiger partial charge in [-0.25, -0.2) is 4.79 Å². The van der Waals surface area contributed by atoms with Gasteiger partial charge in [0.25, 0.3) is 5.91 Å². The van der Waals surface area contributed by atoms with Crippen molar-refractivity contribution in [1.29, 1.82) is 0 Å². The van der Waals surface area contributed by atoms with Crippen molar-refractivity contribution >= 4 is 11.9 Å². The van der Waals surface area contributed by atoms with Gasteiger partial charge in [-0.15, -0.1) is 0 Å². The number of esters is 1. The van der Waals surface area contributed by atoms with E-state index in [-0.39, 0.29) is 17.9 Å². The highest BCUT2D eigenvalue weighted by atomic mass is 16.5. The molecule has 6 heteroatoms.